The first-order chi connectivity index (χ1) is 12.6. The average Bonchev–Trinajstić information content (AvgIpc) is 2.66. The Hall–Kier alpha value is -3.29. The molecule has 0 saturated carbocycles. The molecule has 0 spiro atoms. The molecule has 5 heteroatoms. The van der Waals surface area contributed by atoms with E-state index < -0.39 is 5.91 Å². The number of ether oxygens (including phenoxy) is 1. The van der Waals surface area contributed by atoms with E-state index in [-0.39, 0.29) is 5.57 Å². The second-order valence-corrected chi connectivity index (χ2v) is 5.99. The summed E-state index contributed by atoms with van der Waals surface area (Å²) in [5.74, 6) is 0.0128. The van der Waals surface area contributed by atoms with Crippen LogP contribution in [0.25, 0.3) is 16.8 Å². The minimum atomic E-state index is -0.498. The van der Waals surface area contributed by atoms with Crippen LogP contribution < -0.4 is 10.1 Å². The number of carbonyl (C=O) groups excluding carboxylic acids is 1. The van der Waals surface area contributed by atoms with E-state index in [1.54, 1.807) is 24.3 Å². The predicted octanol–water partition coefficient (Wildman–Crippen LogP) is 5.05. The zero-order chi connectivity index (χ0) is 18.5. The van der Waals surface area contributed by atoms with Crippen molar-refractivity contribution in [3.63, 3.8) is 0 Å². The van der Waals surface area contributed by atoms with Crippen LogP contribution in [0.5, 0.6) is 5.75 Å². The standard InChI is InChI=1S/C21H15ClN2O2/c1-26-20-9-8-18(12-19(20)22)24-21(25)17(13-23)11-14-6-7-15-4-2-3-5-16(15)10-14/h2-12H,1H3,(H,24,25)/b17-11+. The summed E-state index contributed by atoms with van der Waals surface area (Å²) < 4.78 is 5.08. The topological polar surface area (TPSA) is 62.1 Å². The van der Waals surface area contributed by atoms with Gasteiger partial charge in [0.2, 0.25) is 0 Å². The molecule has 26 heavy (non-hydrogen) atoms. The lowest BCUT2D eigenvalue weighted by molar-refractivity contribution is -0.112. The number of hydrogen-bond donors (Lipinski definition) is 1. The van der Waals surface area contributed by atoms with Gasteiger partial charge in [0.1, 0.15) is 17.4 Å². The molecule has 0 aliphatic carbocycles. The molecule has 0 aromatic heterocycles. The van der Waals surface area contributed by atoms with Gasteiger partial charge in [-0.2, -0.15) is 5.26 Å². The third-order valence-corrected chi connectivity index (χ3v) is 4.15. The second-order valence-electron chi connectivity index (χ2n) is 5.58. The molecule has 0 heterocycles. The maximum Gasteiger partial charge on any atom is 0.266 e. The number of rotatable bonds is 4. The fraction of sp³-hybridized carbons (Fsp3) is 0.0476. The molecule has 1 amide bonds. The van der Waals surface area contributed by atoms with Crippen LogP contribution in [0.2, 0.25) is 5.02 Å². The Bertz CT molecular complexity index is 1050. The van der Waals surface area contributed by atoms with Gasteiger partial charge in [-0.25, -0.2) is 0 Å². The van der Waals surface area contributed by atoms with Crippen molar-refractivity contribution in [3.8, 4) is 11.8 Å². The number of methoxy groups -OCH3 is 1. The third kappa shape index (κ3) is 3.85. The molecule has 0 atom stereocenters. The summed E-state index contributed by atoms with van der Waals surface area (Å²) in [6, 6.07) is 20.5. The lowest BCUT2D eigenvalue weighted by Gasteiger charge is -2.07. The predicted molar refractivity (Wildman–Crippen MR) is 104 cm³/mol. The van der Waals surface area contributed by atoms with Crippen LogP contribution in [0.3, 0.4) is 0 Å². The zero-order valence-electron chi connectivity index (χ0n) is 14.0. The van der Waals surface area contributed by atoms with Gasteiger partial charge in [0.05, 0.1) is 12.1 Å². The molecule has 3 aromatic carbocycles. The van der Waals surface area contributed by atoms with Gasteiger partial charge in [-0.05, 0) is 46.7 Å². The van der Waals surface area contributed by atoms with Crippen molar-refractivity contribution < 1.29 is 9.53 Å². The van der Waals surface area contributed by atoms with Crippen molar-refractivity contribution in [3.05, 3.63) is 76.8 Å². The van der Waals surface area contributed by atoms with Crippen LogP contribution in [0, 0.1) is 11.3 Å². The molecule has 4 nitrogen and oxygen atoms in total. The van der Waals surface area contributed by atoms with Gasteiger partial charge in [-0.15, -0.1) is 0 Å². The maximum atomic E-state index is 12.4. The summed E-state index contributed by atoms with van der Waals surface area (Å²) in [4.78, 5) is 12.4. The van der Waals surface area contributed by atoms with E-state index in [9.17, 15) is 10.1 Å². The van der Waals surface area contributed by atoms with Crippen molar-refractivity contribution in [2.45, 2.75) is 0 Å². The highest BCUT2D eigenvalue weighted by molar-refractivity contribution is 6.32. The molecule has 0 fully saturated rings. The van der Waals surface area contributed by atoms with Crippen LogP contribution in [0.4, 0.5) is 5.69 Å². The first kappa shape index (κ1) is 17.5. The second kappa shape index (κ2) is 7.73. The van der Waals surface area contributed by atoms with E-state index in [0.717, 1.165) is 16.3 Å². The number of nitriles is 1. The van der Waals surface area contributed by atoms with Gasteiger partial charge in [0, 0.05) is 5.69 Å². The molecule has 0 aliphatic rings. The lowest BCUT2D eigenvalue weighted by Crippen LogP contribution is -2.13. The Kier molecular flexibility index (Phi) is 5.21. The summed E-state index contributed by atoms with van der Waals surface area (Å²) in [6.07, 6.45) is 1.56. The molecule has 3 aromatic rings. The number of nitrogens with zero attached hydrogens (tertiary/aromatic N) is 1. The third-order valence-electron chi connectivity index (χ3n) is 3.86. The molecular formula is C21H15ClN2O2. The molecule has 128 valence electrons. The number of anilines is 1. The highest BCUT2D eigenvalue weighted by atomic mass is 35.5. The van der Waals surface area contributed by atoms with Crippen molar-refractivity contribution in [1.82, 2.24) is 0 Å². The Labute approximate surface area is 156 Å². The van der Waals surface area contributed by atoms with Crippen LogP contribution in [0.1, 0.15) is 5.56 Å². The molecule has 1 N–H and O–H groups in total. The summed E-state index contributed by atoms with van der Waals surface area (Å²) in [7, 11) is 1.51. The van der Waals surface area contributed by atoms with Gasteiger partial charge in [-0.1, -0.05) is 48.0 Å². The normalized spacial score (nSPS) is 11.0. The number of benzene rings is 3. The zero-order valence-corrected chi connectivity index (χ0v) is 14.7. The Morgan fingerprint density at radius 3 is 2.58 bits per heavy atom. The van der Waals surface area contributed by atoms with Crippen LogP contribution >= 0.6 is 11.6 Å². The molecule has 0 unspecified atom stereocenters. The minimum Gasteiger partial charge on any atom is -0.495 e. The first-order valence-electron chi connectivity index (χ1n) is 7.86. The molecule has 0 saturated heterocycles. The number of nitrogens with one attached hydrogen (secondary N) is 1. The number of hydrogen-bond acceptors (Lipinski definition) is 3. The van der Waals surface area contributed by atoms with Crippen molar-refractivity contribution >= 4 is 40.0 Å². The largest absolute Gasteiger partial charge is 0.495 e. The highest BCUT2D eigenvalue weighted by Crippen LogP contribution is 2.27. The van der Waals surface area contributed by atoms with Gasteiger partial charge in [0.25, 0.3) is 5.91 Å². The van der Waals surface area contributed by atoms with Crippen LogP contribution in [-0.4, -0.2) is 13.0 Å². The van der Waals surface area contributed by atoms with Crippen molar-refractivity contribution in [2.75, 3.05) is 12.4 Å². The summed E-state index contributed by atoms with van der Waals surface area (Å²) >= 11 is 6.06. The SMILES string of the molecule is COc1ccc(NC(=O)/C(C#N)=C/c2ccc3ccccc3c2)cc1Cl. The molecule has 0 aliphatic heterocycles. The van der Waals surface area contributed by atoms with Gasteiger partial charge in [-0.3, -0.25) is 4.79 Å². The van der Waals surface area contributed by atoms with Gasteiger partial charge < -0.3 is 10.1 Å². The maximum absolute atomic E-state index is 12.4. The van der Waals surface area contributed by atoms with E-state index in [2.05, 4.69) is 5.32 Å². The Morgan fingerprint density at radius 1 is 1.12 bits per heavy atom. The van der Waals surface area contributed by atoms with Crippen molar-refractivity contribution in [1.29, 1.82) is 5.26 Å². The summed E-state index contributed by atoms with van der Waals surface area (Å²) in [5.41, 5.74) is 1.27. The molecule has 0 radical (unpaired) electrons. The Morgan fingerprint density at radius 2 is 1.88 bits per heavy atom. The number of carbonyl (C=O) groups is 1. The number of fused-ring (bicyclic) bond motifs is 1. The molecular weight excluding hydrogens is 348 g/mol. The minimum absolute atomic E-state index is 0.00669. The molecule has 3 rings (SSSR count). The fourth-order valence-electron chi connectivity index (χ4n) is 2.56. The highest BCUT2D eigenvalue weighted by Gasteiger charge is 2.11. The first-order valence-corrected chi connectivity index (χ1v) is 8.24. The summed E-state index contributed by atoms with van der Waals surface area (Å²) in [5, 5.41) is 14.6. The van der Waals surface area contributed by atoms with Gasteiger partial charge >= 0.3 is 0 Å². The monoisotopic (exact) mass is 362 g/mol. The smallest absolute Gasteiger partial charge is 0.266 e. The van der Waals surface area contributed by atoms with E-state index in [1.165, 1.54) is 7.11 Å². The average molecular weight is 363 g/mol. The number of halogens is 1. The molecule has 0 bridgehead atoms. The summed E-state index contributed by atoms with van der Waals surface area (Å²) in [6.45, 7) is 0. The number of amides is 1. The van der Waals surface area contributed by atoms with E-state index in [4.69, 9.17) is 16.3 Å². The quantitative estimate of drug-likeness (QED) is 0.522. The van der Waals surface area contributed by atoms with Crippen molar-refractivity contribution in [2.24, 2.45) is 0 Å². The van der Waals surface area contributed by atoms with Gasteiger partial charge in [0.15, 0.2) is 0 Å². The van der Waals surface area contributed by atoms with Crippen LogP contribution in [-0.2, 0) is 4.79 Å². The van der Waals surface area contributed by atoms with E-state index in [0.29, 0.717) is 16.5 Å². The van der Waals surface area contributed by atoms with E-state index >= 15 is 0 Å². The lowest BCUT2D eigenvalue weighted by atomic mass is 10.0. The van der Waals surface area contributed by atoms with Crippen LogP contribution in [0.15, 0.2) is 66.2 Å². The Balaban J connectivity index is 1.84. The fourth-order valence-corrected chi connectivity index (χ4v) is 2.81. The van der Waals surface area contributed by atoms with E-state index in [1.807, 2.05) is 48.5 Å².